The fraction of sp³-hybridized carbons (Fsp3) is 0.143. The van der Waals surface area contributed by atoms with Crippen LogP contribution in [0.5, 0.6) is 11.5 Å². The number of benzene rings is 2. The van der Waals surface area contributed by atoms with Crippen LogP contribution in [0.3, 0.4) is 0 Å². The number of phenolic OH excluding ortho intramolecular Hbond substituents is 2. The molecule has 94 valence electrons. The summed E-state index contributed by atoms with van der Waals surface area (Å²) in [6.45, 7) is 0.518. The number of rotatable bonds is 4. The molecule has 0 atom stereocenters. The van der Waals surface area contributed by atoms with Crippen molar-refractivity contribution in [2.24, 2.45) is 0 Å². The highest BCUT2D eigenvalue weighted by Crippen LogP contribution is 2.24. The van der Waals surface area contributed by atoms with Crippen LogP contribution in [0.1, 0.15) is 5.56 Å². The van der Waals surface area contributed by atoms with Crippen molar-refractivity contribution in [3.63, 3.8) is 0 Å². The van der Waals surface area contributed by atoms with Gasteiger partial charge < -0.3 is 15.5 Å². The summed E-state index contributed by atoms with van der Waals surface area (Å²) in [6, 6.07) is 12.7. The van der Waals surface area contributed by atoms with Crippen LogP contribution in [-0.2, 0) is 6.54 Å². The summed E-state index contributed by atoms with van der Waals surface area (Å²) in [5.41, 5.74) is 1.76. The van der Waals surface area contributed by atoms with Crippen LogP contribution in [0, 0.1) is 0 Å². The molecule has 0 unspecified atom stereocenters. The van der Waals surface area contributed by atoms with E-state index >= 15 is 0 Å². The van der Waals surface area contributed by atoms with Crippen molar-refractivity contribution in [3.05, 3.63) is 48.0 Å². The highest BCUT2D eigenvalue weighted by atomic mass is 32.2. The summed E-state index contributed by atoms with van der Waals surface area (Å²) in [5.74, 6) is 0.171. The molecule has 0 heterocycles. The minimum absolute atomic E-state index is 0.0700. The second kappa shape index (κ2) is 5.69. The Bertz CT molecular complexity index is 543. The average molecular weight is 261 g/mol. The lowest BCUT2D eigenvalue weighted by Gasteiger charge is -2.09. The number of anilines is 1. The van der Waals surface area contributed by atoms with Crippen LogP contribution in [-0.4, -0.2) is 16.5 Å². The highest BCUT2D eigenvalue weighted by molar-refractivity contribution is 7.98. The number of aromatic hydroxyl groups is 2. The van der Waals surface area contributed by atoms with E-state index in [0.717, 1.165) is 11.3 Å². The first-order chi connectivity index (χ1) is 8.69. The molecule has 0 aliphatic rings. The largest absolute Gasteiger partial charge is 0.508 e. The quantitative estimate of drug-likeness (QED) is 0.738. The molecule has 0 aliphatic carbocycles. The molecule has 0 aromatic heterocycles. The van der Waals surface area contributed by atoms with Gasteiger partial charge in [0.2, 0.25) is 0 Å². The van der Waals surface area contributed by atoms with Crippen LogP contribution in [0.4, 0.5) is 5.69 Å². The molecule has 2 rings (SSSR count). The Morgan fingerprint density at radius 3 is 2.67 bits per heavy atom. The topological polar surface area (TPSA) is 52.5 Å². The summed E-state index contributed by atoms with van der Waals surface area (Å²) < 4.78 is 0. The third-order valence-electron chi connectivity index (χ3n) is 2.62. The summed E-state index contributed by atoms with van der Waals surface area (Å²) in [6.07, 6.45) is 2.03. The van der Waals surface area contributed by atoms with Crippen LogP contribution in [0.2, 0.25) is 0 Å². The minimum atomic E-state index is 0.0700. The van der Waals surface area contributed by atoms with Gasteiger partial charge in [0.15, 0.2) is 0 Å². The van der Waals surface area contributed by atoms with Gasteiger partial charge in [-0.1, -0.05) is 6.07 Å². The van der Waals surface area contributed by atoms with Crippen LogP contribution in [0.25, 0.3) is 0 Å². The molecular formula is C14H15NO2S. The number of phenols is 2. The summed E-state index contributed by atoms with van der Waals surface area (Å²) >= 11 is 1.69. The molecule has 2 aromatic carbocycles. The maximum Gasteiger partial charge on any atom is 0.124 e. The van der Waals surface area contributed by atoms with Crippen molar-refractivity contribution in [2.45, 2.75) is 11.4 Å². The van der Waals surface area contributed by atoms with E-state index in [9.17, 15) is 10.2 Å². The molecular weight excluding hydrogens is 246 g/mol. The van der Waals surface area contributed by atoms with Gasteiger partial charge >= 0.3 is 0 Å². The Kier molecular flexibility index (Phi) is 3.99. The van der Waals surface area contributed by atoms with E-state index in [1.165, 1.54) is 11.0 Å². The Balaban J connectivity index is 2.06. The Hall–Kier alpha value is -1.81. The van der Waals surface area contributed by atoms with Crippen molar-refractivity contribution < 1.29 is 10.2 Å². The predicted molar refractivity (Wildman–Crippen MR) is 75.3 cm³/mol. The van der Waals surface area contributed by atoms with Gasteiger partial charge in [0, 0.05) is 28.8 Å². The zero-order valence-corrected chi connectivity index (χ0v) is 10.9. The zero-order chi connectivity index (χ0) is 13.0. The Morgan fingerprint density at radius 2 is 1.94 bits per heavy atom. The molecule has 0 amide bonds. The third kappa shape index (κ3) is 3.11. The molecule has 0 saturated carbocycles. The molecule has 0 radical (unpaired) electrons. The van der Waals surface area contributed by atoms with Gasteiger partial charge in [-0.05, 0) is 36.6 Å². The van der Waals surface area contributed by atoms with Gasteiger partial charge in [-0.3, -0.25) is 0 Å². The van der Waals surface area contributed by atoms with Crippen molar-refractivity contribution in [1.82, 2.24) is 0 Å². The van der Waals surface area contributed by atoms with Crippen molar-refractivity contribution in [3.8, 4) is 11.5 Å². The van der Waals surface area contributed by atoms with Gasteiger partial charge in [0.05, 0.1) is 0 Å². The van der Waals surface area contributed by atoms with E-state index in [1.807, 2.05) is 24.5 Å². The maximum absolute atomic E-state index is 9.67. The third-order valence-corrected chi connectivity index (χ3v) is 3.35. The number of thioether (sulfide) groups is 1. The van der Waals surface area contributed by atoms with Crippen molar-refractivity contribution in [1.29, 1.82) is 0 Å². The van der Waals surface area contributed by atoms with Crippen LogP contribution in [0.15, 0.2) is 47.4 Å². The fourth-order valence-corrected chi connectivity index (χ4v) is 2.09. The van der Waals surface area contributed by atoms with E-state index in [1.54, 1.807) is 23.9 Å². The van der Waals surface area contributed by atoms with E-state index in [4.69, 9.17) is 0 Å². The van der Waals surface area contributed by atoms with Crippen molar-refractivity contribution in [2.75, 3.05) is 11.6 Å². The lowest BCUT2D eigenvalue weighted by Crippen LogP contribution is -1.99. The average Bonchev–Trinajstić information content (AvgIpc) is 2.38. The molecule has 0 fully saturated rings. The van der Waals surface area contributed by atoms with Crippen LogP contribution < -0.4 is 5.32 Å². The smallest absolute Gasteiger partial charge is 0.124 e. The zero-order valence-electron chi connectivity index (χ0n) is 10.1. The second-order valence-corrected chi connectivity index (χ2v) is 4.78. The summed E-state index contributed by atoms with van der Waals surface area (Å²) in [7, 11) is 0. The van der Waals surface area contributed by atoms with Gasteiger partial charge in [-0.15, -0.1) is 11.8 Å². The summed E-state index contributed by atoms with van der Waals surface area (Å²) in [5, 5.41) is 22.1. The standard InChI is InChI=1S/C14H15NO2S/c1-18-13-4-2-3-11(7-13)15-9-10-5-6-12(16)8-14(10)17/h2-8,15-17H,9H2,1H3. The monoisotopic (exact) mass is 261 g/mol. The van der Waals surface area contributed by atoms with E-state index < -0.39 is 0 Å². The second-order valence-electron chi connectivity index (χ2n) is 3.90. The van der Waals surface area contributed by atoms with E-state index in [2.05, 4.69) is 11.4 Å². The molecule has 2 aromatic rings. The van der Waals surface area contributed by atoms with Crippen LogP contribution >= 0.6 is 11.8 Å². The summed E-state index contributed by atoms with van der Waals surface area (Å²) in [4.78, 5) is 1.19. The van der Waals surface area contributed by atoms with E-state index in [0.29, 0.717) is 6.54 Å². The lowest BCUT2D eigenvalue weighted by molar-refractivity contribution is 0.446. The molecule has 0 aliphatic heterocycles. The molecule has 4 heteroatoms. The molecule has 3 N–H and O–H groups in total. The predicted octanol–water partition coefficient (Wildman–Crippen LogP) is 3.43. The first-order valence-corrected chi connectivity index (χ1v) is 6.80. The Morgan fingerprint density at radius 1 is 1.11 bits per heavy atom. The molecule has 3 nitrogen and oxygen atoms in total. The number of hydrogen-bond acceptors (Lipinski definition) is 4. The maximum atomic E-state index is 9.67. The number of hydrogen-bond donors (Lipinski definition) is 3. The van der Waals surface area contributed by atoms with Gasteiger partial charge in [0.1, 0.15) is 11.5 Å². The van der Waals surface area contributed by atoms with Crippen molar-refractivity contribution >= 4 is 17.4 Å². The normalized spacial score (nSPS) is 10.3. The highest BCUT2D eigenvalue weighted by Gasteiger charge is 2.02. The van der Waals surface area contributed by atoms with E-state index in [-0.39, 0.29) is 11.5 Å². The molecule has 18 heavy (non-hydrogen) atoms. The van der Waals surface area contributed by atoms with Gasteiger partial charge in [-0.2, -0.15) is 0 Å². The SMILES string of the molecule is CSc1cccc(NCc2ccc(O)cc2O)c1. The molecule has 0 bridgehead atoms. The Labute approximate surface area is 110 Å². The fourth-order valence-electron chi connectivity index (χ4n) is 1.63. The minimum Gasteiger partial charge on any atom is -0.508 e. The lowest BCUT2D eigenvalue weighted by atomic mass is 10.2. The molecule has 0 saturated heterocycles. The first-order valence-electron chi connectivity index (χ1n) is 5.58. The van der Waals surface area contributed by atoms with Gasteiger partial charge in [-0.25, -0.2) is 0 Å². The molecule has 0 spiro atoms. The van der Waals surface area contributed by atoms with Gasteiger partial charge in [0.25, 0.3) is 0 Å². The number of nitrogens with one attached hydrogen (secondary N) is 1. The first kappa shape index (κ1) is 12.6.